The first-order valence-electron chi connectivity index (χ1n) is 7.60. The average Bonchev–Trinajstić information content (AvgIpc) is 3.03. The van der Waals surface area contributed by atoms with Gasteiger partial charge < -0.3 is 24.7 Å². The molecule has 0 amide bonds. The predicted octanol–water partition coefficient (Wildman–Crippen LogP) is 1.92. The quantitative estimate of drug-likeness (QED) is 0.885. The Labute approximate surface area is 146 Å². The van der Waals surface area contributed by atoms with Gasteiger partial charge in [0.05, 0.1) is 26.2 Å². The molecular formula is C16H15F3N3O4-. The van der Waals surface area contributed by atoms with Crippen LogP contribution in [-0.4, -0.2) is 36.1 Å². The van der Waals surface area contributed by atoms with Crippen molar-refractivity contribution < 1.29 is 32.5 Å². The Kier molecular flexibility index (Phi) is 4.43. The molecule has 140 valence electrons. The summed E-state index contributed by atoms with van der Waals surface area (Å²) >= 11 is 0. The Morgan fingerprint density at radius 2 is 1.96 bits per heavy atom. The highest BCUT2D eigenvalue weighted by Gasteiger charge is 2.46. The number of carboxylic acids is 1. The van der Waals surface area contributed by atoms with Gasteiger partial charge in [0.1, 0.15) is 11.5 Å². The van der Waals surface area contributed by atoms with Crippen LogP contribution in [0.25, 0.3) is 0 Å². The molecule has 0 aliphatic carbocycles. The van der Waals surface area contributed by atoms with Crippen LogP contribution >= 0.6 is 0 Å². The van der Waals surface area contributed by atoms with Crippen molar-refractivity contribution in [2.75, 3.05) is 19.5 Å². The summed E-state index contributed by atoms with van der Waals surface area (Å²) in [6.07, 6.45) is -4.96. The van der Waals surface area contributed by atoms with E-state index in [4.69, 9.17) is 9.47 Å². The zero-order valence-corrected chi connectivity index (χ0v) is 13.8. The number of anilines is 1. The number of nitrogens with zero attached hydrogens (tertiary/aromatic N) is 2. The van der Waals surface area contributed by atoms with Crippen molar-refractivity contribution in [2.24, 2.45) is 0 Å². The van der Waals surface area contributed by atoms with Crippen LogP contribution < -0.4 is 19.9 Å². The normalized spacial score (nSPS) is 19.4. The number of alkyl halides is 3. The number of ether oxygens (including phenoxy) is 2. The van der Waals surface area contributed by atoms with E-state index < -0.39 is 29.9 Å². The van der Waals surface area contributed by atoms with Crippen molar-refractivity contribution in [3.05, 3.63) is 35.5 Å². The Morgan fingerprint density at radius 1 is 1.27 bits per heavy atom. The lowest BCUT2D eigenvalue weighted by Crippen LogP contribution is -2.35. The maximum atomic E-state index is 13.5. The first-order chi connectivity index (χ1) is 12.2. The lowest BCUT2D eigenvalue weighted by Gasteiger charge is -2.33. The van der Waals surface area contributed by atoms with Crippen molar-refractivity contribution in [1.82, 2.24) is 9.78 Å². The summed E-state index contributed by atoms with van der Waals surface area (Å²) in [5, 5.41) is 17.4. The number of benzene rings is 1. The first kappa shape index (κ1) is 17.9. The summed E-state index contributed by atoms with van der Waals surface area (Å²) < 4.78 is 51.4. The number of rotatable bonds is 4. The van der Waals surface area contributed by atoms with Gasteiger partial charge in [-0.1, -0.05) is 6.07 Å². The number of carboxylic acid groups (broad SMARTS) is 1. The van der Waals surface area contributed by atoms with Gasteiger partial charge in [0.15, 0.2) is 17.5 Å². The molecule has 1 aromatic carbocycles. The van der Waals surface area contributed by atoms with Gasteiger partial charge >= 0.3 is 6.18 Å². The van der Waals surface area contributed by atoms with Crippen molar-refractivity contribution in [3.63, 3.8) is 0 Å². The highest BCUT2D eigenvalue weighted by atomic mass is 19.4. The number of fused-ring (bicyclic) bond motifs is 1. The van der Waals surface area contributed by atoms with Crippen LogP contribution in [0.1, 0.15) is 34.6 Å². The molecule has 10 heteroatoms. The predicted molar refractivity (Wildman–Crippen MR) is 82.2 cm³/mol. The molecule has 2 aromatic rings. The SMILES string of the molecule is COc1ccc([C@@H]2C[C@@H](C(F)(F)F)n3nc(C(=O)[O-])cc3N2)cc1OC. The number of carbonyl (C=O) groups is 1. The van der Waals surface area contributed by atoms with E-state index in [0.717, 1.165) is 6.07 Å². The molecule has 7 nitrogen and oxygen atoms in total. The van der Waals surface area contributed by atoms with Gasteiger partial charge in [0.2, 0.25) is 0 Å². The molecule has 0 unspecified atom stereocenters. The van der Waals surface area contributed by atoms with Crippen LogP contribution in [0, 0.1) is 0 Å². The van der Waals surface area contributed by atoms with E-state index >= 15 is 0 Å². The molecule has 0 spiro atoms. The second-order valence-corrected chi connectivity index (χ2v) is 5.75. The molecular weight excluding hydrogens is 355 g/mol. The Bertz CT molecular complexity index is 835. The number of aromatic carboxylic acids is 1. The van der Waals surface area contributed by atoms with Crippen LogP contribution in [0.2, 0.25) is 0 Å². The Hall–Kier alpha value is -2.91. The molecule has 0 bridgehead atoms. The fraction of sp³-hybridized carbons (Fsp3) is 0.375. The summed E-state index contributed by atoms with van der Waals surface area (Å²) in [6, 6.07) is 3.14. The monoisotopic (exact) mass is 370 g/mol. The highest BCUT2D eigenvalue weighted by Crippen LogP contribution is 2.44. The standard InChI is InChI=1S/C16H16F3N3O4/c1-25-11-4-3-8(5-12(11)26-2)9-6-13(16(17,18)19)22-14(20-9)7-10(21-22)15(23)24/h3-5,7,9,13,20H,6H2,1-2H3,(H,23,24)/p-1/t9-,13-/m0/s1. The maximum absolute atomic E-state index is 13.5. The number of methoxy groups -OCH3 is 2. The van der Waals surface area contributed by atoms with Gasteiger partial charge in [-0.25, -0.2) is 4.68 Å². The second-order valence-electron chi connectivity index (χ2n) is 5.75. The zero-order chi connectivity index (χ0) is 19.1. The second kappa shape index (κ2) is 6.43. The third kappa shape index (κ3) is 3.14. The fourth-order valence-electron chi connectivity index (χ4n) is 2.96. The fourth-order valence-corrected chi connectivity index (χ4v) is 2.96. The third-order valence-electron chi connectivity index (χ3n) is 4.21. The highest BCUT2D eigenvalue weighted by molar-refractivity contribution is 5.84. The minimum atomic E-state index is -4.60. The number of nitrogens with one attached hydrogen (secondary N) is 1. The summed E-state index contributed by atoms with van der Waals surface area (Å²) in [5.74, 6) is -0.858. The number of hydrogen-bond donors (Lipinski definition) is 1. The van der Waals surface area contributed by atoms with Gasteiger partial charge in [0, 0.05) is 12.5 Å². The average molecular weight is 370 g/mol. The van der Waals surface area contributed by atoms with Crippen molar-refractivity contribution in [2.45, 2.75) is 24.7 Å². The van der Waals surface area contributed by atoms with E-state index in [9.17, 15) is 23.1 Å². The van der Waals surface area contributed by atoms with Crippen molar-refractivity contribution in [3.8, 4) is 11.5 Å². The Balaban J connectivity index is 2.02. The van der Waals surface area contributed by atoms with Gasteiger partial charge in [0.25, 0.3) is 0 Å². The number of carbonyl (C=O) groups excluding carboxylic acids is 1. The van der Waals surface area contributed by atoms with Gasteiger partial charge in [-0.3, -0.25) is 0 Å². The largest absolute Gasteiger partial charge is 0.543 e. The third-order valence-corrected chi connectivity index (χ3v) is 4.21. The van der Waals surface area contributed by atoms with E-state index in [-0.39, 0.29) is 12.2 Å². The van der Waals surface area contributed by atoms with Crippen molar-refractivity contribution in [1.29, 1.82) is 0 Å². The zero-order valence-electron chi connectivity index (χ0n) is 13.8. The van der Waals surface area contributed by atoms with Crippen LogP contribution in [0.4, 0.5) is 19.0 Å². The van der Waals surface area contributed by atoms with Crippen molar-refractivity contribution >= 4 is 11.8 Å². The number of aromatic nitrogens is 2. The lowest BCUT2D eigenvalue weighted by atomic mass is 9.96. The minimum absolute atomic E-state index is 0.0439. The molecule has 1 aliphatic heterocycles. The minimum Gasteiger partial charge on any atom is -0.543 e. The lowest BCUT2D eigenvalue weighted by molar-refractivity contribution is -0.255. The number of hydrogen-bond acceptors (Lipinski definition) is 6. The smallest absolute Gasteiger partial charge is 0.410 e. The molecule has 26 heavy (non-hydrogen) atoms. The van der Waals surface area contributed by atoms with Gasteiger partial charge in [-0.05, 0) is 17.7 Å². The maximum Gasteiger partial charge on any atom is 0.410 e. The molecule has 1 aromatic heterocycles. The molecule has 0 fully saturated rings. The molecule has 3 rings (SSSR count). The van der Waals surface area contributed by atoms with Gasteiger partial charge in [-0.2, -0.15) is 18.3 Å². The van der Waals surface area contributed by atoms with E-state index in [0.29, 0.717) is 21.7 Å². The molecule has 1 N–H and O–H groups in total. The van der Waals surface area contributed by atoms with Crippen LogP contribution in [0.15, 0.2) is 24.3 Å². The summed E-state index contributed by atoms with van der Waals surface area (Å²) in [5.41, 5.74) is -0.0194. The summed E-state index contributed by atoms with van der Waals surface area (Å²) in [6.45, 7) is 0. The summed E-state index contributed by atoms with van der Waals surface area (Å²) in [4.78, 5) is 11.0. The van der Waals surface area contributed by atoms with E-state index in [1.807, 2.05) is 0 Å². The van der Waals surface area contributed by atoms with Gasteiger partial charge in [-0.15, -0.1) is 0 Å². The molecule has 2 heterocycles. The van der Waals surface area contributed by atoms with Crippen LogP contribution in [0.5, 0.6) is 11.5 Å². The first-order valence-corrected chi connectivity index (χ1v) is 7.60. The van der Waals surface area contributed by atoms with E-state index in [2.05, 4.69) is 10.4 Å². The number of halogens is 3. The summed E-state index contributed by atoms with van der Waals surface area (Å²) in [7, 11) is 2.88. The topological polar surface area (TPSA) is 88.4 Å². The molecule has 0 saturated carbocycles. The van der Waals surface area contributed by atoms with E-state index in [1.54, 1.807) is 18.2 Å². The van der Waals surface area contributed by atoms with Crippen LogP contribution in [-0.2, 0) is 0 Å². The molecule has 2 atom stereocenters. The Morgan fingerprint density at radius 3 is 2.54 bits per heavy atom. The molecule has 0 saturated heterocycles. The van der Waals surface area contributed by atoms with E-state index in [1.165, 1.54) is 14.2 Å². The van der Waals surface area contributed by atoms with Crippen LogP contribution in [0.3, 0.4) is 0 Å². The molecule has 1 aliphatic rings. The molecule has 0 radical (unpaired) electrons.